The average Bonchev–Trinajstić information content (AvgIpc) is 2.36. The molecular formula is C15H23NO3. The fourth-order valence-electron chi connectivity index (χ4n) is 1.63. The molecule has 0 aliphatic carbocycles. The Balaban J connectivity index is 2.43. The van der Waals surface area contributed by atoms with E-state index in [1.807, 2.05) is 31.2 Å². The molecule has 0 saturated carbocycles. The molecule has 0 spiro atoms. The van der Waals surface area contributed by atoms with E-state index in [4.69, 9.17) is 9.84 Å². The summed E-state index contributed by atoms with van der Waals surface area (Å²) in [5.74, 6) is 0.601. The second kappa shape index (κ2) is 7.79. The predicted molar refractivity (Wildman–Crippen MR) is 75.4 cm³/mol. The van der Waals surface area contributed by atoms with Crippen molar-refractivity contribution in [2.24, 2.45) is 5.92 Å². The van der Waals surface area contributed by atoms with E-state index in [2.05, 4.69) is 19.2 Å². The highest BCUT2D eigenvalue weighted by atomic mass is 16.5. The normalized spacial score (nSPS) is 12.4. The van der Waals surface area contributed by atoms with Gasteiger partial charge in [0.25, 0.3) is 0 Å². The van der Waals surface area contributed by atoms with Crippen molar-refractivity contribution in [1.29, 1.82) is 0 Å². The van der Waals surface area contributed by atoms with Crippen molar-refractivity contribution in [3.8, 4) is 5.75 Å². The van der Waals surface area contributed by atoms with Gasteiger partial charge in [0.15, 0.2) is 0 Å². The smallest absolute Gasteiger partial charge is 0.304 e. The van der Waals surface area contributed by atoms with Crippen molar-refractivity contribution >= 4 is 5.97 Å². The molecule has 106 valence electrons. The lowest BCUT2D eigenvalue weighted by molar-refractivity contribution is -0.136. The summed E-state index contributed by atoms with van der Waals surface area (Å²) in [5.41, 5.74) is 1.13. The first-order valence-corrected chi connectivity index (χ1v) is 6.67. The Kier molecular flexibility index (Phi) is 6.36. The zero-order valence-electron chi connectivity index (χ0n) is 11.8. The molecule has 1 rings (SSSR count). The van der Waals surface area contributed by atoms with Crippen LogP contribution in [0.4, 0.5) is 0 Å². The van der Waals surface area contributed by atoms with Gasteiger partial charge in [-0.2, -0.15) is 0 Å². The van der Waals surface area contributed by atoms with Gasteiger partial charge in [-0.1, -0.05) is 26.0 Å². The zero-order valence-corrected chi connectivity index (χ0v) is 11.8. The Bertz CT molecular complexity index is 387. The van der Waals surface area contributed by atoms with E-state index in [1.165, 1.54) is 0 Å². The number of hydrogen-bond donors (Lipinski definition) is 2. The van der Waals surface area contributed by atoms with Crippen LogP contribution in [-0.4, -0.2) is 24.2 Å². The molecule has 4 heteroatoms. The molecule has 1 aromatic rings. The number of nitrogens with one attached hydrogen (secondary N) is 1. The number of aliphatic carboxylic acids is 1. The summed E-state index contributed by atoms with van der Waals surface area (Å²) in [6, 6.07) is 8.06. The monoisotopic (exact) mass is 265 g/mol. The van der Waals surface area contributed by atoms with Gasteiger partial charge in [-0.05, 0) is 30.5 Å². The summed E-state index contributed by atoms with van der Waals surface area (Å²) >= 11 is 0. The third-order valence-electron chi connectivity index (χ3n) is 2.75. The number of carbonyl (C=O) groups is 1. The summed E-state index contributed by atoms with van der Waals surface area (Å²) in [6.07, 6.45) is 0.139. The van der Waals surface area contributed by atoms with Gasteiger partial charge in [0.1, 0.15) is 5.75 Å². The van der Waals surface area contributed by atoms with Gasteiger partial charge in [0.05, 0.1) is 13.0 Å². The van der Waals surface area contributed by atoms with Crippen LogP contribution in [0.3, 0.4) is 0 Å². The molecular weight excluding hydrogens is 242 g/mol. The first-order valence-electron chi connectivity index (χ1n) is 6.67. The number of benzene rings is 1. The maximum Gasteiger partial charge on any atom is 0.304 e. The van der Waals surface area contributed by atoms with Gasteiger partial charge in [0.2, 0.25) is 0 Å². The van der Waals surface area contributed by atoms with E-state index < -0.39 is 5.97 Å². The molecule has 1 unspecified atom stereocenters. The van der Waals surface area contributed by atoms with Crippen molar-refractivity contribution in [2.75, 3.05) is 13.2 Å². The van der Waals surface area contributed by atoms with E-state index in [0.29, 0.717) is 19.1 Å². The van der Waals surface area contributed by atoms with Gasteiger partial charge >= 0.3 is 5.97 Å². The maximum absolute atomic E-state index is 10.4. The maximum atomic E-state index is 10.4. The summed E-state index contributed by atoms with van der Waals surface area (Å²) in [4.78, 5) is 10.4. The van der Waals surface area contributed by atoms with Crippen LogP contribution in [0.15, 0.2) is 24.3 Å². The number of carboxylic acids is 1. The summed E-state index contributed by atoms with van der Waals surface area (Å²) in [7, 11) is 0. The fourth-order valence-corrected chi connectivity index (χ4v) is 1.63. The molecule has 0 aliphatic heterocycles. The Morgan fingerprint density at radius 2 is 1.89 bits per heavy atom. The molecule has 19 heavy (non-hydrogen) atoms. The second-order valence-corrected chi connectivity index (χ2v) is 5.09. The molecule has 0 fully saturated rings. The minimum atomic E-state index is -0.780. The third kappa shape index (κ3) is 6.25. The van der Waals surface area contributed by atoms with E-state index in [-0.39, 0.29) is 12.5 Å². The SMILES string of the molecule is CC(C)COc1ccc(C(C)NCCC(=O)O)cc1. The van der Waals surface area contributed by atoms with Crippen molar-refractivity contribution in [2.45, 2.75) is 33.2 Å². The van der Waals surface area contributed by atoms with Gasteiger partial charge in [-0.3, -0.25) is 4.79 Å². The quantitative estimate of drug-likeness (QED) is 0.759. The predicted octanol–water partition coefficient (Wildman–Crippen LogP) is 2.85. The summed E-state index contributed by atoms with van der Waals surface area (Å²) < 4.78 is 5.62. The van der Waals surface area contributed by atoms with Crippen LogP contribution in [0.2, 0.25) is 0 Å². The van der Waals surface area contributed by atoms with Crippen LogP contribution in [0.1, 0.15) is 38.8 Å². The van der Waals surface area contributed by atoms with Gasteiger partial charge in [-0.25, -0.2) is 0 Å². The minimum Gasteiger partial charge on any atom is -0.493 e. The Morgan fingerprint density at radius 3 is 2.42 bits per heavy atom. The van der Waals surface area contributed by atoms with E-state index in [1.54, 1.807) is 0 Å². The molecule has 0 bridgehead atoms. The minimum absolute atomic E-state index is 0.137. The average molecular weight is 265 g/mol. The number of rotatable bonds is 8. The van der Waals surface area contributed by atoms with E-state index in [9.17, 15) is 4.79 Å². The second-order valence-electron chi connectivity index (χ2n) is 5.09. The van der Waals surface area contributed by atoms with Crippen molar-refractivity contribution in [1.82, 2.24) is 5.32 Å². The van der Waals surface area contributed by atoms with Gasteiger partial charge < -0.3 is 15.2 Å². The molecule has 0 amide bonds. The standard InChI is InChI=1S/C15H23NO3/c1-11(2)10-19-14-6-4-13(5-7-14)12(3)16-9-8-15(17)18/h4-7,11-12,16H,8-10H2,1-3H3,(H,17,18). The Labute approximate surface area is 114 Å². The van der Waals surface area contributed by atoms with Crippen molar-refractivity contribution < 1.29 is 14.6 Å². The molecule has 2 N–H and O–H groups in total. The van der Waals surface area contributed by atoms with Crippen LogP contribution >= 0.6 is 0 Å². The molecule has 0 heterocycles. The molecule has 0 aromatic heterocycles. The Morgan fingerprint density at radius 1 is 1.26 bits per heavy atom. The highest BCUT2D eigenvalue weighted by Gasteiger charge is 2.06. The number of ether oxygens (including phenoxy) is 1. The highest BCUT2D eigenvalue weighted by Crippen LogP contribution is 2.18. The van der Waals surface area contributed by atoms with Crippen LogP contribution in [0, 0.1) is 5.92 Å². The van der Waals surface area contributed by atoms with E-state index >= 15 is 0 Å². The topological polar surface area (TPSA) is 58.6 Å². The zero-order chi connectivity index (χ0) is 14.3. The molecule has 1 atom stereocenters. The number of hydrogen-bond acceptors (Lipinski definition) is 3. The lowest BCUT2D eigenvalue weighted by Crippen LogP contribution is -2.21. The first kappa shape index (κ1) is 15.5. The molecule has 1 aromatic carbocycles. The first-order chi connectivity index (χ1) is 8.99. The van der Waals surface area contributed by atoms with Gasteiger partial charge in [0, 0.05) is 12.6 Å². The Hall–Kier alpha value is -1.55. The van der Waals surface area contributed by atoms with E-state index in [0.717, 1.165) is 11.3 Å². The lowest BCUT2D eigenvalue weighted by Gasteiger charge is -2.14. The van der Waals surface area contributed by atoms with Gasteiger partial charge in [-0.15, -0.1) is 0 Å². The van der Waals surface area contributed by atoms with Crippen molar-refractivity contribution in [3.63, 3.8) is 0 Å². The van der Waals surface area contributed by atoms with Crippen LogP contribution in [0.5, 0.6) is 5.75 Å². The van der Waals surface area contributed by atoms with Crippen LogP contribution in [0.25, 0.3) is 0 Å². The summed E-state index contributed by atoms with van der Waals surface area (Å²) in [5, 5.41) is 11.8. The highest BCUT2D eigenvalue weighted by molar-refractivity contribution is 5.66. The molecule has 0 aliphatic rings. The fraction of sp³-hybridized carbons (Fsp3) is 0.533. The van der Waals surface area contributed by atoms with Crippen molar-refractivity contribution in [3.05, 3.63) is 29.8 Å². The lowest BCUT2D eigenvalue weighted by atomic mass is 10.1. The molecule has 4 nitrogen and oxygen atoms in total. The van der Waals surface area contributed by atoms with Crippen LogP contribution in [-0.2, 0) is 4.79 Å². The largest absolute Gasteiger partial charge is 0.493 e. The third-order valence-corrected chi connectivity index (χ3v) is 2.75. The molecule has 0 radical (unpaired) electrons. The van der Waals surface area contributed by atoms with Crippen LogP contribution < -0.4 is 10.1 Å². The molecule has 0 saturated heterocycles. The summed E-state index contributed by atoms with van der Waals surface area (Å²) in [6.45, 7) is 7.44. The number of carboxylic acid groups (broad SMARTS) is 1.